The zero-order chi connectivity index (χ0) is 17.2. The number of ether oxygens (including phenoxy) is 2. The van der Waals surface area contributed by atoms with Crippen molar-refractivity contribution in [2.45, 2.75) is 65.5 Å². The second-order valence-corrected chi connectivity index (χ2v) is 5.79. The minimum Gasteiger partial charge on any atom is -0.466 e. The zero-order valence-electron chi connectivity index (χ0n) is 13.4. The van der Waals surface area contributed by atoms with Gasteiger partial charge in [-0.2, -0.15) is 13.2 Å². The molecule has 0 unspecified atom stereocenters. The first-order valence-corrected chi connectivity index (χ1v) is 7.48. The molecule has 0 bridgehead atoms. The van der Waals surface area contributed by atoms with Gasteiger partial charge in [0.2, 0.25) is 0 Å². The first kappa shape index (κ1) is 20.7. The lowest BCUT2D eigenvalue weighted by atomic mass is 9.87. The smallest absolute Gasteiger partial charge is 0.422 e. The van der Waals surface area contributed by atoms with Crippen LogP contribution in [0.25, 0.3) is 0 Å². The molecule has 0 radical (unpaired) electrons. The van der Waals surface area contributed by atoms with Crippen molar-refractivity contribution in [3.05, 3.63) is 0 Å². The average molecular weight is 326 g/mol. The lowest BCUT2D eigenvalue weighted by Crippen LogP contribution is -2.30. The Morgan fingerprint density at radius 2 is 1.55 bits per heavy atom. The maximum absolute atomic E-state index is 12.0. The van der Waals surface area contributed by atoms with Crippen molar-refractivity contribution in [2.24, 2.45) is 5.41 Å². The highest BCUT2D eigenvalue weighted by Crippen LogP contribution is 2.27. The standard InChI is InChI=1S/C15H25F3O4/c1-4-21-12(19)9-7-5-6-8-10-14(2,3)13(20)22-11-15(16,17)18/h4-11H2,1-3H3. The van der Waals surface area contributed by atoms with E-state index in [9.17, 15) is 22.8 Å². The van der Waals surface area contributed by atoms with Gasteiger partial charge in [0.05, 0.1) is 12.0 Å². The largest absolute Gasteiger partial charge is 0.466 e. The van der Waals surface area contributed by atoms with Crippen LogP contribution in [-0.2, 0) is 19.1 Å². The quantitative estimate of drug-likeness (QED) is 0.449. The predicted molar refractivity (Wildman–Crippen MR) is 75.1 cm³/mol. The monoisotopic (exact) mass is 326 g/mol. The molecular formula is C15H25F3O4. The minimum absolute atomic E-state index is 0.224. The molecule has 0 spiro atoms. The van der Waals surface area contributed by atoms with Gasteiger partial charge in [0.25, 0.3) is 0 Å². The number of hydrogen-bond acceptors (Lipinski definition) is 4. The Morgan fingerprint density at radius 1 is 0.955 bits per heavy atom. The highest BCUT2D eigenvalue weighted by Gasteiger charge is 2.34. The molecule has 0 aromatic rings. The second kappa shape index (κ2) is 9.69. The Labute approximate surface area is 129 Å². The molecular weight excluding hydrogens is 301 g/mol. The average Bonchev–Trinajstić information content (AvgIpc) is 2.39. The summed E-state index contributed by atoms with van der Waals surface area (Å²) in [6.07, 6.45) is -0.677. The SMILES string of the molecule is CCOC(=O)CCCCCCC(C)(C)C(=O)OCC(F)(F)F. The highest BCUT2D eigenvalue weighted by molar-refractivity contribution is 5.75. The van der Waals surface area contributed by atoms with Crippen LogP contribution in [0.15, 0.2) is 0 Å². The summed E-state index contributed by atoms with van der Waals surface area (Å²) in [6.45, 7) is 3.72. The van der Waals surface area contributed by atoms with E-state index in [0.29, 0.717) is 32.3 Å². The first-order valence-electron chi connectivity index (χ1n) is 7.48. The summed E-state index contributed by atoms with van der Waals surface area (Å²) >= 11 is 0. The van der Waals surface area contributed by atoms with Crippen LogP contribution < -0.4 is 0 Å². The molecule has 0 aromatic heterocycles. The molecule has 7 heteroatoms. The Morgan fingerprint density at radius 3 is 2.09 bits per heavy atom. The van der Waals surface area contributed by atoms with E-state index in [-0.39, 0.29) is 5.97 Å². The number of unbranched alkanes of at least 4 members (excludes halogenated alkanes) is 3. The van der Waals surface area contributed by atoms with Gasteiger partial charge in [-0.1, -0.05) is 19.3 Å². The van der Waals surface area contributed by atoms with Gasteiger partial charge in [-0.05, 0) is 33.6 Å². The van der Waals surface area contributed by atoms with Crippen LogP contribution in [0.3, 0.4) is 0 Å². The molecule has 0 atom stereocenters. The van der Waals surface area contributed by atoms with Crippen LogP contribution in [0, 0.1) is 5.41 Å². The maximum Gasteiger partial charge on any atom is 0.422 e. The minimum atomic E-state index is -4.50. The fraction of sp³-hybridized carbons (Fsp3) is 0.867. The zero-order valence-corrected chi connectivity index (χ0v) is 13.4. The van der Waals surface area contributed by atoms with Crippen molar-refractivity contribution in [1.29, 1.82) is 0 Å². The van der Waals surface area contributed by atoms with E-state index < -0.39 is 24.2 Å². The van der Waals surface area contributed by atoms with Crippen LogP contribution in [0.4, 0.5) is 13.2 Å². The van der Waals surface area contributed by atoms with Crippen molar-refractivity contribution in [2.75, 3.05) is 13.2 Å². The molecule has 22 heavy (non-hydrogen) atoms. The number of carbonyl (C=O) groups is 2. The van der Waals surface area contributed by atoms with Crippen LogP contribution in [-0.4, -0.2) is 31.3 Å². The molecule has 0 heterocycles. The van der Waals surface area contributed by atoms with Gasteiger partial charge in [0, 0.05) is 6.42 Å². The van der Waals surface area contributed by atoms with E-state index in [1.54, 1.807) is 20.8 Å². The summed E-state index contributed by atoms with van der Waals surface area (Å²) < 4.78 is 45.1. The normalized spacial score (nSPS) is 12.1. The summed E-state index contributed by atoms with van der Waals surface area (Å²) in [6, 6.07) is 0. The number of carbonyl (C=O) groups excluding carboxylic acids is 2. The van der Waals surface area contributed by atoms with E-state index >= 15 is 0 Å². The Kier molecular flexibility index (Phi) is 9.13. The third-order valence-corrected chi connectivity index (χ3v) is 3.16. The lowest BCUT2D eigenvalue weighted by Gasteiger charge is -2.22. The molecule has 0 aliphatic heterocycles. The Bertz CT molecular complexity index is 351. The molecule has 130 valence electrons. The van der Waals surface area contributed by atoms with Gasteiger partial charge in [0.1, 0.15) is 0 Å². The van der Waals surface area contributed by atoms with Crippen molar-refractivity contribution in [1.82, 2.24) is 0 Å². The van der Waals surface area contributed by atoms with E-state index in [1.807, 2.05) is 0 Å². The molecule has 0 aromatic carbocycles. The molecule has 0 saturated heterocycles. The number of rotatable bonds is 10. The third kappa shape index (κ3) is 10.5. The van der Waals surface area contributed by atoms with Gasteiger partial charge in [-0.3, -0.25) is 9.59 Å². The van der Waals surface area contributed by atoms with Gasteiger partial charge in [0.15, 0.2) is 6.61 Å². The number of alkyl halides is 3. The lowest BCUT2D eigenvalue weighted by molar-refractivity contribution is -0.192. The van der Waals surface area contributed by atoms with Crippen molar-refractivity contribution < 1.29 is 32.2 Å². The van der Waals surface area contributed by atoms with Crippen molar-refractivity contribution >= 4 is 11.9 Å². The topological polar surface area (TPSA) is 52.6 Å². The van der Waals surface area contributed by atoms with E-state index in [4.69, 9.17) is 4.74 Å². The van der Waals surface area contributed by atoms with Gasteiger partial charge in [-0.15, -0.1) is 0 Å². The molecule has 0 aliphatic rings. The molecule has 0 fully saturated rings. The maximum atomic E-state index is 12.0. The molecule has 0 N–H and O–H groups in total. The molecule has 4 nitrogen and oxygen atoms in total. The molecule has 0 saturated carbocycles. The van der Waals surface area contributed by atoms with Crippen LogP contribution >= 0.6 is 0 Å². The van der Waals surface area contributed by atoms with E-state index in [2.05, 4.69) is 4.74 Å². The summed E-state index contributed by atoms with van der Waals surface area (Å²) in [5, 5.41) is 0. The molecule has 0 amide bonds. The summed E-state index contributed by atoms with van der Waals surface area (Å²) in [7, 11) is 0. The number of halogens is 3. The van der Waals surface area contributed by atoms with Crippen LogP contribution in [0.5, 0.6) is 0 Å². The van der Waals surface area contributed by atoms with Gasteiger partial charge >= 0.3 is 18.1 Å². The summed E-state index contributed by atoms with van der Waals surface area (Å²) in [5.41, 5.74) is -0.938. The second-order valence-electron chi connectivity index (χ2n) is 5.79. The van der Waals surface area contributed by atoms with Crippen molar-refractivity contribution in [3.8, 4) is 0 Å². The Hall–Kier alpha value is -1.27. The van der Waals surface area contributed by atoms with Crippen molar-refractivity contribution in [3.63, 3.8) is 0 Å². The van der Waals surface area contributed by atoms with E-state index in [1.165, 1.54) is 0 Å². The summed E-state index contributed by atoms with van der Waals surface area (Å²) in [5.74, 6) is -1.06. The van der Waals surface area contributed by atoms with E-state index in [0.717, 1.165) is 12.8 Å². The molecule has 0 aliphatic carbocycles. The van der Waals surface area contributed by atoms with Crippen LogP contribution in [0.1, 0.15) is 59.3 Å². The first-order chi connectivity index (χ1) is 10.1. The highest BCUT2D eigenvalue weighted by atomic mass is 19.4. The number of esters is 2. The van der Waals surface area contributed by atoms with Crippen LogP contribution in [0.2, 0.25) is 0 Å². The Balaban J connectivity index is 3.84. The predicted octanol–water partition coefficient (Wildman–Crippen LogP) is 4.02. The van der Waals surface area contributed by atoms with Gasteiger partial charge < -0.3 is 9.47 Å². The fourth-order valence-corrected chi connectivity index (χ4v) is 1.87. The number of hydrogen-bond donors (Lipinski definition) is 0. The van der Waals surface area contributed by atoms with Gasteiger partial charge in [-0.25, -0.2) is 0 Å². The summed E-state index contributed by atoms with van der Waals surface area (Å²) in [4.78, 5) is 22.7. The molecule has 0 rings (SSSR count). The third-order valence-electron chi connectivity index (χ3n) is 3.16. The fourth-order valence-electron chi connectivity index (χ4n) is 1.87.